The summed E-state index contributed by atoms with van der Waals surface area (Å²) in [5.41, 5.74) is 1.67. The van der Waals surface area contributed by atoms with Crippen LogP contribution in [0.25, 0.3) is 0 Å². The quantitative estimate of drug-likeness (QED) is 0.597. The van der Waals surface area contributed by atoms with Crippen LogP contribution in [0.2, 0.25) is 0 Å². The Morgan fingerprint density at radius 2 is 1.81 bits per heavy atom. The van der Waals surface area contributed by atoms with E-state index < -0.39 is 28.5 Å². The zero-order chi connectivity index (χ0) is 23.3. The van der Waals surface area contributed by atoms with Crippen molar-refractivity contribution in [1.29, 1.82) is 0 Å². The van der Waals surface area contributed by atoms with Gasteiger partial charge in [0.1, 0.15) is 6.54 Å². The number of benzene rings is 1. The SMILES string of the molecule is Cc1ccc(S(=O)(=O)N2CCN(C(=O)COC(=O)CNC(=O)c3cccs3)CC2)c(C)c1. The molecule has 0 bridgehead atoms. The molecule has 0 spiro atoms. The van der Waals surface area contributed by atoms with Crippen LogP contribution >= 0.6 is 11.3 Å². The normalized spacial score (nSPS) is 14.8. The van der Waals surface area contributed by atoms with Gasteiger partial charge in [-0.2, -0.15) is 4.31 Å². The van der Waals surface area contributed by atoms with Crippen molar-refractivity contribution in [3.8, 4) is 0 Å². The fraction of sp³-hybridized carbons (Fsp3) is 0.381. The van der Waals surface area contributed by atoms with E-state index in [1.165, 1.54) is 20.5 Å². The van der Waals surface area contributed by atoms with Crippen molar-refractivity contribution in [2.75, 3.05) is 39.3 Å². The molecule has 172 valence electrons. The lowest BCUT2D eigenvalue weighted by atomic mass is 10.2. The van der Waals surface area contributed by atoms with Crippen LogP contribution in [0.3, 0.4) is 0 Å². The van der Waals surface area contributed by atoms with Gasteiger partial charge < -0.3 is 15.0 Å². The van der Waals surface area contributed by atoms with Crippen LogP contribution in [-0.2, 0) is 24.3 Å². The number of amides is 2. The zero-order valence-electron chi connectivity index (χ0n) is 17.9. The molecule has 3 rings (SSSR count). The average molecular weight is 480 g/mol. The number of hydrogen-bond donors (Lipinski definition) is 1. The molecule has 11 heteroatoms. The molecule has 9 nitrogen and oxygen atoms in total. The van der Waals surface area contributed by atoms with Crippen molar-refractivity contribution in [1.82, 2.24) is 14.5 Å². The number of thiophene rings is 1. The topological polar surface area (TPSA) is 113 Å². The van der Waals surface area contributed by atoms with E-state index in [1.54, 1.807) is 36.6 Å². The highest BCUT2D eigenvalue weighted by atomic mass is 32.2. The molecule has 0 atom stereocenters. The summed E-state index contributed by atoms with van der Waals surface area (Å²) >= 11 is 1.25. The maximum absolute atomic E-state index is 12.9. The van der Waals surface area contributed by atoms with E-state index in [-0.39, 0.29) is 43.5 Å². The maximum atomic E-state index is 12.9. The molecule has 0 saturated carbocycles. The van der Waals surface area contributed by atoms with E-state index in [2.05, 4.69) is 5.32 Å². The third-order valence-corrected chi connectivity index (χ3v) is 7.96. The minimum Gasteiger partial charge on any atom is -0.454 e. The van der Waals surface area contributed by atoms with Gasteiger partial charge in [-0.25, -0.2) is 8.42 Å². The standard InChI is InChI=1S/C21H25N3O6S2/c1-15-5-6-18(16(2)12-15)32(28,29)24-9-7-23(8-10-24)19(25)14-30-20(26)13-22-21(27)17-4-3-11-31-17/h3-6,11-12H,7-10,13-14H2,1-2H3,(H,22,27). The molecule has 1 saturated heterocycles. The van der Waals surface area contributed by atoms with Crippen LogP contribution in [0.1, 0.15) is 20.8 Å². The number of carbonyl (C=O) groups excluding carboxylic acids is 3. The number of nitrogens with zero attached hydrogens (tertiary/aromatic N) is 2. The molecule has 0 aliphatic carbocycles. The third-order valence-electron chi connectivity index (χ3n) is 5.03. The maximum Gasteiger partial charge on any atom is 0.325 e. The molecule has 2 amide bonds. The van der Waals surface area contributed by atoms with Gasteiger partial charge in [0.05, 0.1) is 9.77 Å². The second kappa shape index (κ2) is 10.2. The second-order valence-electron chi connectivity index (χ2n) is 7.37. The predicted octanol–water partition coefficient (Wildman–Crippen LogP) is 1.17. The largest absolute Gasteiger partial charge is 0.454 e. The number of ether oxygens (including phenoxy) is 1. The molecule has 1 fully saturated rings. The average Bonchev–Trinajstić information content (AvgIpc) is 3.30. The number of sulfonamides is 1. The highest BCUT2D eigenvalue weighted by Gasteiger charge is 2.31. The van der Waals surface area contributed by atoms with Crippen LogP contribution in [-0.4, -0.2) is 74.7 Å². The van der Waals surface area contributed by atoms with Gasteiger partial charge in [0.15, 0.2) is 6.61 Å². The zero-order valence-corrected chi connectivity index (χ0v) is 19.5. The number of carbonyl (C=O) groups is 3. The molecule has 32 heavy (non-hydrogen) atoms. The molecule has 2 heterocycles. The van der Waals surface area contributed by atoms with Gasteiger partial charge in [-0.15, -0.1) is 11.3 Å². The second-order valence-corrected chi connectivity index (χ2v) is 10.2. The van der Waals surface area contributed by atoms with Gasteiger partial charge in [0, 0.05) is 26.2 Å². The first kappa shape index (κ1) is 23.9. The Hall–Kier alpha value is -2.76. The van der Waals surface area contributed by atoms with E-state index in [4.69, 9.17) is 4.74 Å². The molecular weight excluding hydrogens is 454 g/mol. The molecule has 0 radical (unpaired) electrons. The number of hydrogen-bond acceptors (Lipinski definition) is 7. The van der Waals surface area contributed by atoms with Gasteiger partial charge >= 0.3 is 5.97 Å². The lowest BCUT2D eigenvalue weighted by Crippen LogP contribution is -2.51. The number of rotatable bonds is 7. The van der Waals surface area contributed by atoms with Crippen molar-refractivity contribution < 1.29 is 27.5 Å². The first-order valence-corrected chi connectivity index (χ1v) is 12.3. The van der Waals surface area contributed by atoms with E-state index in [1.807, 2.05) is 13.0 Å². The lowest BCUT2D eigenvalue weighted by molar-refractivity contribution is -0.151. The number of piperazine rings is 1. The first-order chi connectivity index (χ1) is 15.2. The highest BCUT2D eigenvalue weighted by Crippen LogP contribution is 2.22. The van der Waals surface area contributed by atoms with Gasteiger partial charge in [0.2, 0.25) is 10.0 Å². The summed E-state index contributed by atoms with van der Waals surface area (Å²) in [6, 6.07) is 8.55. The van der Waals surface area contributed by atoms with E-state index in [0.29, 0.717) is 10.4 Å². The number of esters is 1. The van der Waals surface area contributed by atoms with Crippen LogP contribution in [0.4, 0.5) is 0 Å². The van der Waals surface area contributed by atoms with Crippen LogP contribution < -0.4 is 5.32 Å². The predicted molar refractivity (Wildman–Crippen MR) is 119 cm³/mol. The Labute approximate surface area is 191 Å². The minimum absolute atomic E-state index is 0.159. The Kier molecular flexibility index (Phi) is 7.64. The fourth-order valence-corrected chi connectivity index (χ4v) is 5.61. The van der Waals surface area contributed by atoms with Gasteiger partial charge in [-0.05, 0) is 36.9 Å². The van der Waals surface area contributed by atoms with Gasteiger partial charge in [-0.1, -0.05) is 23.8 Å². The van der Waals surface area contributed by atoms with Crippen molar-refractivity contribution >= 4 is 39.1 Å². The summed E-state index contributed by atoms with van der Waals surface area (Å²) in [5.74, 6) is -1.52. The first-order valence-electron chi connectivity index (χ1n) is 10.0. The smallest absolute Gasteiger partial charge is 0.325 e. The Balaban J connectivity index is 1.45. The molecule has 1 aromatic heterocycles. The number of nitrogens with one attached hydrogen (secondary N) is 1. The molecule has 1 aliphatic rings. The molecular formula is C21H25N3O6S2. The molecule has 1 aliphatic heterocycles. The Morgan fingerprint density at radius 1 is 1.09 bits per heavy atom. The Bertz CT molecular complexity index is 1090. The highest BCUT2D eigenvalue weighted by molar-refractivity contribution is 7.89. The van der Waals surface area contributed by atoms with Crippen LogP contribution in [0.15, 0.2) is 40.6 Å². The summed E-state index contributed by atoms with van der Waals surface area (Å²) in [6.45, 7) is 3.59. The minimum atomic E-state index is -3.65. The summed E-state index contributed by atoms with van der Waals surface area (Å²) < 4.78 is 32.2. The molecule has 1 N–H and O–H groups in total. The van der Waals surface area contributed by atoms with Crippen LogP contribution in [0, 0.1) is 13.8 Å². The fourth-order valence-electron chi connectivity index (χ4n) is 3.34. The lowest BCUT2D eigenvalue weighted by Gasteiger charge is -2.34. The third kappa shape index (κ3) is 5.72. The van der Waals surface area contributed by atoms with Gasteiger partial charge in [-0.3, -0.25) is 14.4 Å². The summed E-state index contributed by atoms with van der Waals surface area (Å²) in [7, 11) is -3.65. The summed E-state index contributed by atoms with van der Waals surface area (Å²) in [5, 5.41) is 4.18. The van der Waals surface area contributed by atoms with E-state index in [9.17, 15) is 22.8 Å². The monoisotopic (exact) mass is 479 g/mol. The molecule has 0 unspecified atom stereocenters. The Morgan fingerprint density at radius 3 is 2.44 bits per heavy atom. The number of aryl methyl sites for hydroxylation is 2. The molecule has 2 aromatic rings. The van der Waals surface area contributed by atoms with Crippen molar-refractivity contribution in [3.63, 3.8) is 0 Å². The van der Waals surface area contributed by atoms with Crippen LogP contribution in [0.5, 0.6) is 0 Å². The summed E-state index contributed by atoms with van der Waals surface area (Å²) in [4.78, 5) is 38.2. The van der Waals surface area contributed by atoms with E-state index >= 15 is 0 Å². The molecule has 1 aromatic carbocycles. The van der Waals surface area contributed by atoms with Crippen molar-refractivity contribution in [2.45, 2.75) is 18.7 Å². The van der Waals surface area contributed by atoms with Crippen molar-refractivity contribution in [3.05, 3.63) is 51.7 Å². The summed E-state index contributed by atoms with van der Waals surface area (Å²) in [6.07, 6.45) is 0. The van der Waals surface area contributed by atoms with Crippen molar-refractivity contribution in [2.24, 2.45) is 0 Å². The van der Waals surface area contributed by atoms with E-state index in [0.717, 1.165) is 5.56 Å². The van der Waals surface area contributed by atoms with Gasteiger partial charge in [0.25, 0.3) is 11.8 Å².